The van der Waals surface area contributed by atoms with E-state index in [4.69, 9.17) is 19.5 Å². The predicted octanol–water partition coefficient (Wildman–Crippen LogP) is 3.93. The van der Waals surface area contributed by atoms with Gasteiger partial charge in [-0.15, -0.1) is 0 Å². The molecule has 2 atom stereocenters. The van der Waals surface area contributed by atoms with E-state index < -0.39 is 17.4 Å². The number of allylic oxidation sites excluding steroid dienone is 1. The summed E-state index contributed by atoms with van der Waals surface area (Å²) in [7, 11) is 0. The van der Waals surface area contributed by atoms with E-state index in [2.05, 4.69) is 17.0 Å². The van der Waals surface area contributed by atoms with Crippen LogP contribution in [0.3, 0.4) is 0 Å². The van der Waals surface area contributed by atoms with E-state index in [1.165, 1.54) is 18.6 Å². The molecule has 0 amide bonds. The molecule has 2 aliphatic heterocycles. The van der Waals surface area contributed by atoms with Crippen LogP contribution in [0.1, 0.15) is 44.6 Å². The zero-order valence-corrected chi connectivity index (χ0v) is 21.0. The maximum Gasteiger partial charge on any atom is 0.329 e. The van der Waals surface area contributed by atoms with Gasteiger partial charge in [0.15, 0.2) is 5.92 Å². The molecule has 4 rings (SSSR count). The van der Waals surface area contributed by atoms with E-state index in [9.17, 15) is 14.4 Å². The van der Waals surface area contributed by atoms with E-state index in [-0.39, 0.29) is 18.5 Å². The molecule has 2 heterocycles. The summed E-state index contributed by atoms with van der Waals surface area (Å²) in [5, 5.41) is 10.2. The molecule has 0 N–H and O–H groups in total. The summed E-state index contributed by atoms with van der Waals surface area (Å²) in [6.07, 6.45) is 9.67. The molecular weight excluding hydrogens is 459 g/mol. The Morgan fingerprint density at radius 1 is 1.28 bits per heavy atom. The lowest BCUT2D eigenvalue weighted by Crippen LogP contribution is -2.52. The van der Waals surface area contributed by atoms with Crippen molar-refractivity contribution in [2.75, 3.05) is 39.5 Å². The molecule has 192 valence electrons. The summed E-state index contributed by atoms with van der Waals surface area (Å²) < 4.78 is 24.3. The number of hydrogen-bond donors (Lipinski definition) is 0. The SMILES string of the molecule is CCOC(=O)C(C#N)C(=NC1CCCCC1)C1(CN2CCOCC2)C=C(Cc2ccc(F)cc2)C=N1. The Morgan fingerprint density at radius 2 is 2.00 bits per heavy atom. The van der Waals surface area contributed by atoms with E-state index in [0.717, 1.165) is 49.9 Å². The van der Waals surface area contributed by atoms with Gasteiger partial charge in [0.05, 0.1) is 37.6 Å². The monoisotopic (exact) mass is 494 g/mol. The summed E-state index contributed by atoms with van der Waals surface area (Å²) in [6.45, 7) is 5.17. The van der Waals surface area contributed by atoms with Crippen LogP contribution in [-0.2, 0) is 20.7 Å². The van der Waals surface area contributed by atoms with Crippen molar-refractivity contribution in [3.05, 3.63) is 47.3 Å². The Bertz CT molecular complexity index is 1030. The van der Waals surface area contributed by atoms with Crippen molar-refractivity contribution in [1.82, 2.24) is 4.90 Å². The van der Waals surface area contributed by atoms with Gasteiger partial charge < -0.3 is 9.47 Å². The molecule has 1 saturated heterocycles. The number of nitriles is 1. The van der Waals surface area contributed by atoms with Crippen LogP contribution in [0.15, 0.2) is 45.9 Å². The smallest absolute Gasteiger partial charge is 0.329 e. The Labute approximate surface area is 212 Å². The fourth-order valence-corrected chi connectivity index (χ4v) is 5.22. The standard InChI is InChI=1S/C28H35FN4O3/c1-2-36-27(34)25(18-30)26(32-24-6-4-3-5-7-24)28(20-33-12-14-35-15-13-33)17-22(19-31-28)16-21-8-10-23(29)11-9-21/h8-11,17,19,24-25H,2-7,12-16,20H2,1H3. The van der Waals surface area contributed by atoms with Crippen molar-refractivity contribution in [3.8, 4) is 6.07 Å². The minimum atomic E-state index is -1.13. The van der Waals surface area contributed by atoms with Crippen LogP contribution in [-0.4, -0.2) is 73.8 Å². The van der Waals surface area contributed by atoms with Crippen LogP contribution in [0.4, 0.5) is 4.39 Å². The normalized spacial score (nSPS) is 24.2. The highest BCUT2D eigenvalue weighted by Gasteiger charge is 2.45. The van der Waals surface area contributed by atoms with Gasteiger partial charge in [0.2, 0.25) is 0 Å². The minimum absolute atomic E-state index is 0.0605. The summed E-state index contributed by atoms with van der Waals surface area (Å²) in [6, 6.07) is 8.68. The van der Waals surface area contributed by atoms with Gasteiger partial charge in [-0.25, -0.2) is 4.39 Å². The number of nitrogens with zero attached hydrogens (tertiary/aromatic N) is 4. The average molecular weight is 495 g/mol. The number of carbonyl (C=O) groups excluding carboxylic acids is 1. The molecule has 2 fully saturated rings. The number of morpholine rings is 1. The van der Waals surface area contributed by atoms with Crippen LogP contribution in [0, 0.1) is 23.1 Å². The number of benzene rings is 1. The van der Waals surface area contributed by atoms with E-state index in [0.29, 0.717) is 31.9 Å². The summed E-state index contributed by atoms with van der Waals surface area (Å²) >= 11 is 0. The lowest BCUT2D eigenvalue weighted by Gasteiger charge is -2.36. The first-order valence-corrected chi connectivity index (χ1v) is 13.0. The lowest BCUT2D eigenvalue weighted by atomic mass is 9.83. The van der Waals surface area contributed by atoms with Crippen molar-refractivity contribution in [2.24, 2.45) is 15.9 Å². The molecular formula is C28H35FN4O3. The Balaban J connectivity index is 1.74. The second-order valence-corrected chi connectivity index (χ2v) is 9.71. The van der Waals surface area contributed by atoms with Crippen molar-refractivity contribution < 1.29 is 18.7 Å². The summed E-state index contributed by atoms with van der Waals surface area (Å²) in [5.41, 5.74) is 1.44. The van der Waals surface area contributed by atoms with Gasteiger partial charge in [-0.1, -0.05) is 31.4 Å². The van der Waals surface area contributed by atoms with Gasteiger partial charge in [-0.05, 0) is 55.5 Å². The third-order valence-electron chi connectivity index (χ3n) is 7.04. The molecule has 36 heavy (non-hydrogen) atoms. The first-order valence-electron chi connectivity index (χ1n) is 13.0. The van der Waals surface area contributed by atoms with Crippen LogP contribution in [0.2, 0.25) is 0 Å². The fraction of sp³-hybridized carbons (Fsp3) is 0.571. The quantitative estimate of drug-likeness (QED) is 0.384. The molecule has 0 spiro atoms. The molecule has 3 aliphatic rings. The summed E-state index contributed by atoms with van der Waals surface area (Å²) in [4.78, 5) is 25.3. The molecule has 0 aromatic heterocycles. The molecule has 8 heteroatoms. The lowest BCUT2D eigenvalue weighted by molar-refractivity contribution is -0.144. The predicted molar refractivity (Wildman–Crippen MR) is 137 cm³/mol. The Hall–Kier alpha value is -2.89. The largest absolute Gasteiger partial charge is 0.465 e. The van der Waals surface area contributed by atoms with Gasteiger partial charge in [-0.3, -0.25) is 19.7 Å². The van der Waals surface area contributed by atoms with Gasteiger partial charge in [0.25, 0.3) is 0 Å². The minimum Gasteiger partial charge on any atom is -0.465 e. The first-order chi connectivity index (χ1) is 17.5. The van der Waals surface area contributed by atoms with Crippen molar-refractivity contribution in [1.29, 1.82) is 5.26 Å². The maximum atomic E-state index is 13.4. The topological polar surface area (TPSA) is 87.3 Å². The number of ether oxygens (including phenoxy) is 2. The van der Waals surface area contributed by atoms with Crippen molar-refractivity contribution >= 4 is 17.9 Å². The highest BCUT2D eigenvalue weighted by Crippen LogP contribution is 2.32. The Kier molecular flexibility index (Phi) is 9.00. The first kappa shape index (κ1) is 26.2. The number of carbonyl (C=O) groups is 1. The zero-order valence-electron chi connectivity index (χ0n) is 21.0. The van der Waals surface area contributed by atoms with Crippen LogP contribution < -0.4 is 0 Å². The number of hydrogen-bond acceptors (Lipinski definition) is 7. The van der Waals surface area contributed by atoms with E-state index in [1.54, 1.807) is 19.1 Å². The number of esters is 1. The number of halogens is 1. The average Bonchev–Trinajstić information content (AvgIpc) is 3.30. The van der Waals surface area contributed by atoms with Crippen LogP contribution in [0.5, 0.6) is 0 Å². The molecule has 0 radical (unpaired) electrons. The Morgan fingerprint density at radius 3 is 2.67 bits per heavy atom. The second kappa shape index (κ2) is 12.4. The molecule has 0 bridgehead atoms. The molecule has 1 aromatic carbocycles. The van der Waals surface area contributed by atoms with E-state index >= 15 is 0 Å². The maximum absolute atomic E-state index is 13.4. The van der Waals surface area contributed by atoms with Crippen molar-refractivity contribution in [2.45, 2.75) is 57.0 Å². The van der Waals surface area contributed by atoms with Crippen LogP contribution in [0.25, 0.3) is 0 Å². The fourth-order valence-electron chi connectivity index (χ4n) is 5.22. The molecule has 1 saturated carbocycles. The molecule has 2 unspecified atom stereocenters. The van der Waals surface area contributed by atoms with Crippen molar-refractivity contribution in [3.63, 3.8) is 0 Å². The third-order valence-corrected chi connectivity index (χ3v) is 7.04. The molecule has 7 nitrogen and oxygen atoms in total. The van der Waals surface area contributed by atoms with Gasteiger partial charge in [-0.2, -0.15) is 5.26 Å². The zero-order chi connectivity index (χ0) is 25.4. The molecule has 1 aliphatic carbocycles. The highest BCUT2D eigenvalue weighted by molar-refractivity contribution is 6.13. The van der Waals surface area contributed by atoms with E-state index in [1.807, 2.05) is 6.21 Å². The van der Waals surface area contributed by atoms with Crippen LogP contribution >= 0.6 is 0 Å². The molecule has 1 aromatic rings. The third kappa shape index (κ3) is 6.45. The number of aliphatic imine (C=N–C) groups is 2. The van der Waals surface area contributed by atoms with Gasteiger partial charge in [0, 0.05) is 25.8 Å². The number of rotatable bonds is 9. The highest BCUT2D eigenvalue weighted by atomic mass is 19.1. The second-order valence-electron chi connectivity index (χ2n) is 9.71. The van der Waals surface area contributed by atoms with Gasteiger partial charge >= 0.3 is 5.97 Å². The van der Waals surface area contributed by atoms with Gasteiger partial charge in [0.1, 0.15) is 11.4 Å². The summed E-state index contributed by atoms with van der Waals surface area (Å²) in [5.74, 6) is -1.99.